The maximum absolute atomic E-state index is 8.60. The molecule has 0 atom stereocenters. The number of rotatable bonds is 0. The molecule has 0 aromatic carbocycles. The van der Waals surface area contributed by atoms with Gasteiger partial charge in [0.15, 0.2) is 99.1 Å². The molecule has 0 amide bonds. The van der Waals surface area contributed by atoms with Crippen molar-refractivity contribution in [2.45, 2.75) is 0 Å². The largest absolute Gasteiger partial charge is 0.218 e. The third kappa shape index (κ3) is 119. The van der Waals surface area contributed by atoms with E-state index in [9.17, 15) is 0 Å². The van der Waals surface area contributed by atoms with Gasteiger partial charge in [-0.25, -0.2) is 39.9 Å². The molecule has 0 radical (unpaired) electrons. The second-order valence-corrected chi connectivity index (χ2v) is 14.6. The van der Waals surface area contributed by atoms with E-state index in [1.807, 2.05) is 245 Å². The minimum Gasteiger partial charge on any atom is -0.218 e. The van der Waals surface area contributed by atoms with Crippen LogP contribution < -0.4 is 121 Å². The van der Waals surface area contributed by atoms with E-state index in [0.29, 0.717) is 0 Å². The number of aromatic nitrogens is 8. The van der Waals surface area contributed by atoms with E-state index < -0.39 is 82.4 Å². The zero-order valence-electron chi connectivity index (χ0n) is 35.3. The summed E-state index contributed by atoms with van der Waals surface area (Å²) in [4.78, 5) is 23.1. The first-order valence-electron chi connectivity index (χ1n) is 17.5. The fourth-order valence-electron chi connectivity index (χ4n) is 2.74. The third-order valence-corrected chi connectivity index (χ3v) is 4.86. The normalized spacial score (nSPS) is 7.12. The van der Waals surface area contributed by atoms with Crippen LogP contribution in [0, 0.1) is 0 Å². The Morgan fingerprint density at radius 2 is 0.235 bits per heavy atom. The Morgan fingerprint density at radius 3 is 0.250 bits per heavy atom. The number of hydrogen-bond donors (Lipinski definition) is 0. The minimum atomic E-state index is -4.20. The Kier molecular flexibility index (Phi) is 93.4. The Balaban J connectivity index is -0.0000000962. The van der Waals surface area contributed by atoms with Crippen molar-refractivity contribution < 1.29 is 145 Å². The second kappa shape index (κ2) is 77.8. The molecule has 0 spiro atoms. The summed E-state index contributed by atoms with van der Waals surface area (Å²) in [5, 5.41) is 0. The molecule has 8 heterocycles. The van der Waals surface area contributed by atoms with Crippen molar-refractivity contribution in [1.82, 2.24) is 0 Å². The van der Waals surface area contributed by atoms with Crippen molar-refractivity contribution in [2.24, 2.45) is 0 Å². The number of pyridine rings is 8. The van der Waals surface area contributed by atoms with E-state index in [0.717, 1.165) is 0 Å². The van der Waals surface area contributed by atoms with Gasteiger partial charge in [0, 0.05) is 97.1 Å². The SMILES string of the molecule is [Br-].[Br-].[Br-].[Br-].[O]=[Sb](=[O])[O-].[O]=[Sb](=[O])[O-].[O]=[Sb](=[O])[O-].[O]=[Sb](=[O])[O-].c1cc[nH+]cc1.c1cc[nH+]cc1.c1cc[nH+]cc1.c1cc[nH+]cc1.c1cc[nH+]cc1.c1cc[nH+]cc1.c1cc[nH+]cc1.c1cc[nH+]cc1. The Hall–Kier alpha value is -3.37. The van der Waals surface area contributed by atoms with Crippen molar-refractivity contribution in [1.29, 1.82) is 0 Å². The van der Waals surface area contributed by atoms with Crippen LogP contribution >= 0.6 is 0 Å². The second-order valence-electron chi connectivity index (χ2n) is 9.51. The standard InChI is InChI=1S/8C5H5N.4BrH.12O.4Sb/c8*1-2-4-6-5-3-1;;;;;;;;;;;;;;;;;;;;/h8*1-5H;4*1H;;;;;;;;;;;;;;;;/q;;;;;;;;;;;;;;;;;;;;4*-1;;;;/p+4. The van der Waals surface area contributed by atoms with E-state index in [1.165, 1.54) is 0 Å². The van der Waals surface area contributed by atoms with Crippen LogP contribution in [0.1, 0.15) is 0 Å². The summed E-state index contributed by atoms with van der Waals surface area (Å²) in [5.41, 5.74) is 0. The molecule has 8 N–H and O–H groups in total. The molecule has 0 saturated heterocycles. The Bertz CT molecular complexity index is 1610. The molecule has 368 valence electrons. The van der Waals surface area contributed by atoms with E-state index in [2.05, 4.69) is 39.9 Å². The van der Waals surface area contributed by atoms with Crippen molar-refractivity contribution in [3.8, 4) is 0 Å². The quantitative estimate of drug-likeness (QED) is 0.128. The number of nitrogens with one attached hydrogen (secondary N) is 8. The van der Waals surface area contributed by atoms with E-state index in [-0.39, 0.29) is 67.9 Å². The van der Waals surface area contributed by atoms with Gasteiger partial charge in [-0.1, -0.05) is 48.5 Å². The van der Waals surface area contributed by atoms with Gasteiger partial charge in [0.1, 0.15) is 0 Å². The van der Waals surface area contributed by atoms with E-state index in [4.69, 9.17) is 37.7 Å². The molecule has 0 aliphatic rings. The van der Waals surface area contributed by atoms with Crippen LogP contribution in [-0.4, -0.2) is 82.4 Å². The predicted octanol–water partition coefficient (Wildman–Crippen LogP) is -15.2. The summed E-state index contributed by atoms with van der Waals surface area (Å²) in [7, 11) is 0. The average molecular weight is 1640 g/mol. The Labute approximate surface area is 466 Å². The number of halogens is 4. The minimum absolute atomic E-state index is 0. The molecule has 0 bridgehead atoms. The molecule has 0 saturated carbocycles. The molecule has 8 aromatic heterocycles. The maximum Gasteiger partial charge on any atom is 0.166 e. The maximum atomic E-state index is 8.60. The van der Waals surface area contributed by atoms with Gasteiger partial charge >= 0.3 is 120 Å². The average Bonchev–Trinajstić information content (AvgIpc) is 3.34. The number of hydrogen-bond acceptors (Lipinski definition) is 12. The molecular formula is C40H48Br4N8O12Sb4. The predicted molar refractivity (Wildman–Crippen MR) is 212 cm³/mol. The summed E-state index contributed by atoms with van der Waals surface area (Å²) in [6.07, 6.45) is 30.0. The smallest absolute Gasteiger partial charge is 0.166 e. The van der Waals surface area contributed by atoms with Gasteiger partial charge in [-0.2, -0.15) is 0 Å². The van der Waals surface area contributed by atoms with Gasteiger partial charge in [-0.3, -0.25) is 0 Å². The van der Waals surface area contributed by atoms with Crippen molar-refractivity contribution in [3.63, 3.8) is 0 Å². The molecule has 8 rings (SSSR count). The number of H-pyrrole nitrogens is 8. The molecule has 28 heteroatoms. The third-order valence-electron chi connectivity index (χ3n) is 4.86. The zero-order chi connectivity index (χ0) is 48.3. The van der Waals surface area contributed by atoms with Gasteiger partial charge in [0.2, 0.25) is 0 Å². The van der Waals surface area contributed by atoms with Crippen molar-refractivity contribution in [3.05, 3.63) is 245 Å². The Morgan fingerprint density at radius 1 is 0.176 bits per heavy atom. The van der Waals surface area contributed by atoms with Crippen LogP contribution in [0.2, 0.25) is 0 Å². The summed E-state index contributed by atoms with van der Waals surface area (Å²) in [6.45, 7) is 0. The van der Waals surface area contributed by atoms with Crippen LogP contribution in [0.15, 0.2) is 245 Å². The molecule has 68 heavy (non-hydrogen) atoms. The zero-order valence-corrected chi connectivity index (χ0v) is 51.8. The molecule has 0 fully saturated rings. The molecule has 0 aliphatic heterocycles. The topological polar surface area (TPSA) is 342 Å². The summed E-state index contributed by atoms with van der Waals surface area (Å²) in [5.74, 6) is 0. The van der Waals surface area contributed by atoms with Gasteiger partial charge in [-0.15, -0.1) is 0 Å². The van der Waals surface area contributed by atoms with E-state index >= 15 is 0 Å². The van der Waals surface area contributed by atoms with Crippen molar-refractivity contribution in [2.75, 3.05) is 0 Å². The molecular weight excluding hydrogens is 1590 g/mol. The fourth-order valence-corrected chi connectivity index (χ4v) is 2.74. The molecule has 8 aromatic rings. The van der Waals surface area contributed by atoms with Gasteiger partial charge in [0.05, 0.1) is 0 Å². The molecule has 0 aliphatic carbocycles. The molecule has 20 nitrogen and oxygen atoms in total. The summed E-state index contributed by atoms with van der Waals surface area (Å²) >= 11 is -16.8. The number of aromatic amines is 8. The van der Waals surface area contributed by atoms with Crippen LogP contribution in [0.3, 0.4) is 0 Å². The van der Waals surface area contributed by atoms with Crippen molar-refractivity contribution >= 4 is 82.4 Å². The van der Waals surface area contributed by atoms with Crippen LogP contribution in [0.4, 0.5) is 0 Å². The molecule has 0 unspecified atom stereocenters. The van der Waals surface area contributed by atoms with Gasteiger partial charge < -0.3 is 67.9 Å². The first-order chi connectivity index (χ1) is 30.9. The monoisotopic (exact) mass is 1630 g/mol. The summed E-state index contributed by atoms with van der Waals surface area (Å²) < 4.78 is 103. The first-order valence-corrected chi connectivity index (χ1v) is 30.0. The van der Waals surface area contributed by atoms with Crippen LogP contribution in [0.5, 0.6) is 0 Å². The van der Waals surface area contributed by atoms with Gasteiger partial charge in [-0.05, 0) is 0 Å². The summed E-state index contributed by atoms with van der Waals surface area (Å²) in [6, 6.07) is 46.9. The van der Waals surface area contributed by atoms with Crippen LogP contribution in [0.25, 0.3) is 0 Å². The van der Waals surface area contributed by atoms with Gasteiger partial charge in [0.25, 0.3) is 0 Å². The van der Waals surface area contributed by atoms with E-state index in [1.54, 1.807) is 0 Å². The fraction of sp³-hybridized carbons (Fsp3) is 0. The van der Waals surface area contributed by atoms with Crippen LogP contribution in [-0.2, 0) is 24.1 Å². The first kappa shape index (κ1) is 81.6.